The number of hydrogen-bond donors (Lipinski definition) is 1. The van der Waals surface area contributed by atoms with Gasteiger partial charge in [-0.3, -0.25) is 4.79 Å². The largest absolute Gasteiger partial charge is 0.385 e. The number of carbonyl (C=O) groups excluding carboxylic acids is 1. The Bertz CT molecular complexity index is 975. The Morgan fingerprint density at radius 3 is 2.67 bits per heavy atom. The summed E-state index contributed by atoms with van der Waals surface area (Å²) in [5, 5.41) is 18.8. The highest BCUT2D eigenvalue weighted by Gasteiger charge is 2.15. The molecule has 0 atom stereocenters. The molecule has 27 heavy (non-hydrogen) atoms. The van der Waals surface area contributed by atoms with E-state index in [2.05, 4.69) is 26.0 Å². The molecule has 3 rings (SSSR count). The second-order valence-electron chi connectivity index (χ2n) is 5.38. The molecule has 1 heterocycles. The highest BCUT2D eigenvalue weighted by Crippen LogP contribution is 2.25. The van der Waals surface area contributed by atoms with Gasteiger partial charge in [0.05, 0.1) is 10.7 Å². The van der Waals surface area contributed by atoms with E-state index in [1.807, 2.05) is 30.3 Å². The zero-order valence-corrected chi connectivity index (χ0v) is 15.6. The van der Waals surface area contributed by atoms with E-state index in [4.69, 9.17) is 28.0 Å². The number of rotatable bonds is 6. The first-order valence-corrected chi connectivity index (χ1v) is 8.53. The van der Waals surface area contributed by atoms with Crippen LogP contribution in [0.25, 0.3) is 0 Å². The minimum Gasteiger partial charge on any atom is -0.385 e. The molecule has 1 aromatic heterocycles. The number of nitrogens with zero attached hydrogens (tertiary/aromatic N) is 5. The van der Waals surface area contributed by atoms with E-state index in [0.29, 0.717) is 27.3 Å². The van der Waals surface area contributed by atoms with Crippen molar-refractivity contribution in [3.05, 3.63) is 70.0 Å². The van der Waals surface area contributed by atoms with Crippen LogP contribution in [0.5, 0.6) is 0 Å². The van der Waals surface area contributed by atoms with Gasteiger partial charge in [-0.15, -0.1) is 5.10 Å². The van der Waals surface area contributed by atoms with Crippen LogP contribution in [0, 0.1) is 0 Å². The van der Waals surface area contributed by atoms with Crippen molar-refractivity contribution in [3.8, 4) is 0 Å². The topological polar surface area (TPSA) is 94.3 Å². The zero-order valence-electron chi connectivity index (χ0n) is 14.1. The van der Waals surface area contributed by atoms with E-state index in [-0.39, 0.29) is 6.61 Å². The van der Waals surface area contributed by atoms with Gasteiger partial charge in [-0.2, -0.15) is 0 Å². The van der Waals surface area contributed by atoms with E-state index in [1.54, 1.807) is 19.2 Å². The van der Waals surface area contributed by atoms with Crippen LogP contribution in [0.2, 0.25) is 10.0 Å². The summed E-state index contributed by atoms with van der Waals surface area (Å²) in [6.45, 7) is -0.319. The first kappa shape index (κ1) is 18.8. The molecule has 0 aliphatic heterocycles. The number of nitrogens with one attached hydrogen (secondary N) is 1. The van der Waals surface area contributed by atoms with Gasteiger partial charge in [0.25, 0.3) is 5.91 Å². The number of carbonyl (C=O) groups is 1. The summed E-state index contributed by atoms with van der Waals surface area (Å²) >= 11 is 11.9. The van der Waals surface area contributed by atoms with Crippen molar-refractivity contribution < 1.29 is 9.63 Å². The molecule has 0 spiro atoms. The maximum Gasteiger partial charge on any atom is 0.265 e. The van der Waals surface area contributed by atoms with Crippen LogP contribution in [0.1, 0.15) is 11.4 Å². The quantitative estimate of drug-likeness (QED) is 0.503. The van der Waals surface area contributed by atoms with Crippen LogP contribution < -0.4 is 5.32 Å². The van der Waals surface area contributed by atoms with Crippen LogP contribution in [0.15, 0.2) is 53.7 Å². The lowest BCUT2D eigenvalue weighted by atomic mass is 10.1. The van der Waals surface area contributed by atoms with E-state index in [9.17, 15) is 4.79 Å². The van der Waals surface area contributed by atoms with Gasteiger partial charge in [0, 0.05) is 17.6 Å². The first-order valence-electron chi connectivity index (χ1n) is 7.77. The number of aromatic nitrogens is 4. The highest BCUT2D eigenvalue weighted by atomic mass is 35.5. The molecule has 0 saturated heterocycles. The maximum absolute atomic E-state index is 12.1. The predicted octanol–water partition coefficient (Wildman–Crippen LogP) is 2.92. The Hall–Kier alpha value is -2.97. The lowest BCUT2D eigenvalue weighted by Crippen LogP contribution is -2.18. The van der Waals surface area contributed by atoms with Gasteiger partial charge < -0.3 is 10.2 Å². The average Bonchev–Trinajstić information content (AvgIpc) is 3.07. The molecule has 3 aromatic rings. The van der Waals surface area contributed by atoms with Crippen LogP contribution >= 0.6 is 23.2 Å². The fourth-order valence-corrected chi connectivity index (χ4v) is 2.64. The number of halogens is 2. The van der Waals surface area contributed by atoms with E-state index in [0.717, 1.165) is 5.56 Å². The number of anilines is 1. The molecule has 1 N–H and O–H groups in total. The number of benzene rings is 2. The average molecular weight is 405 g/mol. The third-order valence-electron chi connectivity index (χ3n) is 3.44. The lowest BCUT2D eigenvalue weighted by Gasteiger charge is -2.08. The molecule has 1 amide bonds. The minimum atomic E-state index is -0.425. The Morgan fingerprint density at radius 2 is 2.00 bits per heavy atom. The predicted molar refractivity (Wildman–Crippen MR) is 102 cm³/mol. The molecule has 0 bridgehead atoms. The summed E-state index contributed by atoms with van der Waals surface area (Å²) in [6.07, 6.45) is 0. The number of aryl methyl sites for hydroxylation is 1. The molecular weight excluding hydrogens is 391 g/mol. The van der Waals surface area contributed by atoms with Crippen molar-refractivity contribution in [2.24, 2.45) is 12.2 Å². The van der Waals surface area contributed by atoms with Gasteiger partial charge in [0.2, 0.25) is 5.82 Å². The molecular formula is C17H14Cl2N6O2. The van der Waals surface area contributed by atoms with Crippen LogP contribution in [0.3, 0.4) is 0 Å². The molecule has 0 aliphatic carbocycles. The molecule has 138 valence electrons. The summed E-state index contributed by atoms with van der Waals surface area (Å²) in [4.78, 5) is 17.3. The lowest BCUT2D eigenvalue weighted by molar-refractivity contribution is -0.120. The Kier molecular flexibility index (Phi) is 6.00. The van der Waals surface area contributed by atoms with Crippen molar-refractivity contribution >= 4 is 40.5 Å². The highest BCUT2D eigenvalue weighted by molar-refractivity contribution is 6.36. The minimum absolute atomic E-state index is 0.319. The van der Waals surface area contributed by atoms with Crippen molar-refractivity contribution in [2.75, 3.05) is 11.9 Å². The van der Waals surface area contributed by atoms with Gasteiger partial charge in [-0.25, -0.2) is 4.68 Å². The summed E-state index contributed by atoms with van der Waals surface area (Å²) < 4.78 is 1.46. The number of hydrogen-bond acceptors (Lipinski definition) is 6. The Balaban J connectivity index is 1.71. The molecule has 0 unspecified atom stereocenters. The monoisotopic (exact) mass is 404 g/mol. The molecule has 0 radical (unpaired) electrons. The SMILES string of the molecule is Cn1nnnc1/C(=N\OCC(=O)Nc1ccc(Cl)cc1Cl)c1ccccc1. The van der Waals surface area contributed by atoms with E-state index >= 15 is 0 Å². The molecule has 0 saturated carbocycles. The van der Waals surface area contributed by atoms with Crippen molar-refractivity contribution in [1.82, 2.24) is 20.2 Å². The van der Waals surface area contributed by atoms with Gasteiger partial charge in [0.15, 0.2) is 12.3 Å². The summed E-state index contributed by atoms with van der Waals surface area (Å²) in [7, 11) is 1.68. The summed E-state index contributed by atoms with van der Waals surface area (Å²) in [5.41, 5.74) is 1.58. The second kappa shape index (κ2) is 8.61. The van der Waals surface area contributed by atoms with Gasteiger partial charge in [-0.1, -0.05) is 58.7 Å². The Morgan fingerprint density at radius 1 is 1.22 bits per heavy atom. The fourth-order valence-electron chi connectivity index (χ4n) is 2.18. The third-order valence-corrected chi connectivity index (χ3v) is 3.98. The van der Waals surface area contributed by atoms with Crippen LogP contribution in [-0.4, -0.2) is 38.4 Å². The van der Waals surface area contributed by atoms with E-state index in [1.165, 1.54) is 10.7 Å². The first-order chi connectivity index (χ1) is 13.0. The van der Waals surface area contributed by atoms with Gasteiger partial charge >= 0.3 is 0 Å². The van der Waals surface area contributed by atoms with Crippen LogP contribution in [0.4, 0.5) is 5.69 Å². The molecule has 2 aromatic carbocycles. The van der Waals surface area contributed by atoms with Crippen molar-refractivity contribution in [3.63, 3.8) is 0 Å². The standard InChI is InChI=1S/C17H14Cl2N6O2/c1-25-17(21-23-24-25)16(11-5-3-2-4-6-11)22-27-10-15(26)20-14-8-7-12(18)9-13(14)19/h2-9H,10H2,1H3,(H,20,26)/b22-16-. The fraction of sp³-hybridized carbons (Fsp3) is 0.118. The third kappa shape index (κ3) is 4.81. The van der Waals surface area contributed by atoms with E-state index < -0.39 is 5.91 Å². The number of oxime groups is 1. The van der Waals surface area contributed by atoms with Crippen molar-refractivity contribution in [2.45, 2.75) is 0 Å². The van der Waals surface area contributed by atoms with Crippen molar-refractivity contribution in [1.29, 1.82) is 0 Å². The molecule has 8 nitrogen and oxygen atoms in total. The zero-order chi connectivity index (χ0) is 19.2. The Labute approximate surface area is 164 Å². The van der Waals surface area contributed by atoms with Gasteiger partial charge in [0.1, 0.15) is 0 Å². The summed E-state index contributed by atoms with van der Waals surface area (Å²) in [5.74, 6) is -0.0196. The van der Waals surface area contributed by atoms with Crippen LogP contribution in [-0.2, 0) is 16.7 Å². The van der Waals surface area contributed by atoms with Gasteiger partial charge in [-0.05, 0) is 28.6 Å². The molecule has 0 fully saturated rings. The normalized spacial score (nSPS) is 11.3. The number of tetrazole rings is 1. The second-order valence-corrected chi connectivity index (χ2v) is 6.22. The summed E-state index contributed by atoms with van der Waals surface area (Å²) in [6, 6.07) is 14.0. The molecule has 10 heteroatoms. The smallest absolute Gasteiger partial charge is 0.265 e. The molecule has 0 aliphatic rings. The number of amides is 1. The maximum atomic E-state index is 12.1.